The highest BCUT2D eigenvalue weighted by Crippen LogP contribution is 2.26. The first-order chi connectivity index (χ1) is 7.85. The lowest BCUT2D eigenvalue weighted by molar-refractivity contribution is 0.00784. The smallest absolute Gasteiger partial charge is 0.410 e. The number of hydrogen-bond donors (Lipinski definition) is 0. The highest BCUT2D eigenvalue weighted by molar-refractivity contribution is 5.69. The van der Waals surface area contributed by atoms with Gasteiger partial charge in [-0.05, 0) is 26.8 Å². The fourth-order valence-electron chi connectivity index (χ4n) is 1.79. The second-order valence-electron chi connectivity index (χ2n) is 5.50. The maximum Gasteiger partial charge on any atom is 0.410 e. The van der Waals surface area contributed by atoms with Crippen LogP contribution in [0.15, 0.2) is 12.3 Å². The predicted octanol–water partition coefficient (Wildman–Crippen LogP) is 1.75. The van der Waals surface area contributed by atoms with E-state index in [9.17, 15) is 4.79 Å². The summed E-state index contributed by atoms with van der Waals surface area (Å²) in [7, 11) is 1.90. The monoisotopic (exact) mass is 237 g/mol. The van der Waals surface area contributed by atoms with E-state index in [1.807, 2.05) is 40.1 Å². The van der Waals surface area contributed by atoms with Crippen molar-refractivity contribution in [1.29, 1.82) is 0 Å². The van der Waals surface area contributed by atoms with E-state index in [0.717, 1.165) is 5.69 Å². The van der Waals surface area contributed by atoms with Crippen LogP contribution in [0.1, 0.15) is 32.4 Å². The SMILES string of the molecule is Cn1ccc(C2CN(C(=O)OC(C)(C)C)C2)n1. The van der Waals surface area contributed by atoms with Crippen molar-refractivity contribution in [2.24, 2.45) is 7.05 Å². The predicted molar refractivity (Wildman–Crippen MR) is 63.8 cm³/mol. The number of nitrogens with zero attached hydrogens (tertiary/aromatic N) is 3. The molecule has 0 aromatic carbocycles. The van der Waals surface area contributed by atoms with Crippen LogP contribution in [-0.2, 0) is 11.8 Å². The van der Waals surface area contributed by atoms with Crippen LogP contribution in [0.2, 0.25) is 0 Å². The van der Waals surface area contributed by atoms with Crippen molar-refractivity contribution in [3.05, 3.63) is 18.0 Å². The Morgan fingerprint density at radius 1 is 1.47 bits per heavy atom. The molecule has 1 aliphatic rings. The Morgan fingerprint density at radius 3 is 2.59 bits per heavy atom. The van der Waals surface area contributed by atoms with E-state index in [1.165, 1.54) is 0 Å². The van der Waals surface area contributed by atoms with Gasteiger partial charge in [-0.3, -0.25) is 4.68 Å². The molecule has 1 fully saturated rings. The van der Waals surface area contributed by atoms with E-state index in [-0.39, 0.29) is 6.09 Å². The van der Waals surface area contributed by atoms with Crippen LogP contribution in [0.25, 0.3) is 0 Å². The zero-order chi connectivity index (χ0) is 12.6. The maximum atomic E-state index is 11.7. The second kappa shape index (κ2) is 4.05. The van der Waals surface area contributed by atoms with Crippen molar-refractivity contribution in [3.63, 3.8) is 0 Å². The lowest BCUT2D eigenvalue weighted by atomic mass is 9.97. The molecule has 0 radical (unpaired) electrons. The quantitative estimate of drug-likeness (QED) is 0.747. The van der Waals surface area contributed by atoms with Gasteiger partial charge in [0.2, 0.25) is 0 Å². The van der Waals surface area contributed by atoms with E-state index in [2.05, 4.69) is 5.10 Å². The first kappa shape index (κ1) is 12.0. The number of carbonyl (C=O) groups excluding carboxylic acids is 1. The molecule has 5 heteroatoms. The van der Waals surface area contributed by atoms with Crippen molar-refractivity contribution in [1.82, 2.24) is 14.7 Å². The van der Waals surface area contributed by atoms with Gasteiger partial charge in [-0.1, -0.05) is 0 Å². The molecule has 0 atom stereocenters. The summed E-state index contributed by atoms with van der Waals surface area (Å²) < 4.78 is 7.08. The number of aromatic nitrogens is 2. The van der Waals surface area contributed by atoms with Crippen molar-refractivity contribution in [3.8, 4) is 0 Å². The van der Waals surface area contributed by atoms with Crippen LogP contribution in [0.4, 0.5) is 4.79 Å². The van der Waals surface area contributed by atoms with E-state index in [4.69, 9.17) is 4.74 Å². The van der Waals surface area contributed by atoms with Crippen LogP contribution in [0.5, 0.6) is 0 Å². The molecular weight excluding hydrogens is 218 g/mol. The number of likely N-dealkylation sites (tertiary alicyclic amines) is 1. The Labute approximate surface area is 101 Å². The molecule has 2 heterocycles. The minimum absolute atomic E-state index is 0.232. The Hall–Kier alpha value is -1.52. The van der Waals surface area contributed by atoms with Crippen LogP contribution in [0.3, 0.4) is 0 Å². The van der Waals surface area contributed by atoms with Crippen molar-refractivity contribution in [2.45, 2.75) is 32.3 Å². The number of hydrogen-bond acceptors (Lipinski definition) is 3. The third kappa shape index (κ3) is 2.78. The zero-order valence-corrected chi connectivity index (χ0v) is 10.8. The number of carbonyl (C=O) groups is 1. The standard InChI is InChI=1S/C12H19N3O2/c1-12(2,3)17-11(16)15-7-9(8-15)10-5-6-14(4)13-10/h5-6,9H,7-8H2,1-4H3. The molecule has 1 aromatic rings. The third-order valence-electron chi connectivity index (χ3n) is 2.69. The molecule has 0 N–H and O–H groups in total. The summed E-state index contributed by atoms with van der Waals surface area (Å²) in [4.78, 5) is 13.4. The molecule has 0 bridgehead atoms. The molecule has 0 aliphatic carbocycles. The summed E-state index contributed by atoms with van der Waals surface area (Å²) in [5, 5.41) is 4.34. The van der Waals surface area contributed by atoms with Crippen LogP contribution >= 0.6 is 0 Å². The third-order valence-corrected chi connectivity index (χ3v) is 2.69. The first-order valence-corrected chi connectivity index (χ1v) is 5.82. The molecule has 17 heavy (non-hydrogen) atoms. The molecule has 2 rings (SSSR count). The summed E-state index contributed by atoms with van der Waals surface area (Å²) in [6.45, 7) is 7.03. The summed E-state index contributed by atoms with van der Waals surface area (Å²) in [6, 6.07) is 2.00. The van der Waals surface area contributed by atoms with Gasteiger partial charge in [0.1, 0.15) is 5.60 Å². The fourth-order valence-corrected chi connectivity index (χ4v) is 1.79. The van der Waals surface area contributed by atoms with Crippen LogP contribution < -0.4 is 0 Å². The topological polar surface area (TPSA) is 47.4 Å². The van der Waals surface area contributed by atoms with Crippen LogP contribution in [-0.4, -0.2) is 39.5 Å². The Kier molecular flexibility index (Phi) is 2.85. The molecule has 1 saturated heterocycles. The highest BCUT2D eigenvalue weighted by atomic mass is 16.6. The molecule has 5 nitrogen and oxygen atoms in total. The average molecular weight is 237 g/mol. The van der Waals surface area contributed by atoms with Gasteiger partial charge in [0.15, 0.2) is 0 Å². The van der Waals surface area contributed by atoms with E-state index in [1.54, 1.807) is 9.58 Å². The van der Waals surface area contributed by atoms with Crippen LogP contribution in [0, 0.1) is 0 Å². The average Bonchev–Trinajstić information content (AvgIpc) is 2.45. The van der Waals surface area contributed by atoms with Gasteiger partial charge in [-0.15, -0.1) is 0 Å². The van der Waals surface area contributed by atoms with E-state index < -0.39 is 5.60 Å². The molecule has 0 spiro atoms. The molecule has 1 amide bonds. The van der Waals surface area contributed by atoms with Gasteiger partial charge in [-0.2, -0.15) is 5.10 Å². The second-order valence-corrected chi connectivity index (χ2v) is 5.50. The van der Waals surface area contributed by atoms with Gasteiger partial charge in [0.25, 0.3) is 0 Å². The minimum Gasteiger partial charge on any atom is -0.444 e. The molecule has 0 unspecified atom stereocenters. The fraction of sp³-hybridized carbons (Fsp3) is 0.667. The summed E-state index contributed by atoms with van der Waals surface area (Å²) in [5.74, 6) is 0.351. The normalized spacial score (nSPS) is 16.8. The van der Waals surface area contributed by atoms with Gasteiger partial charge in [-0.25, -0.2) is 4.79 Å². The van der Waals surface area contributed by atoms with Crippen molar-refractivity contribution in [2.75, 3.05) is 13.1 Å². The van der Waals surface area contributed by atoms with Gasteiger partial charge < -0.3 is 9.64 Å². The maximum absolute atomic E-state index is 11.7. The largest absolute Gasteiger partial charge is 0.444 e. The Morgan fingerprint density at radius 2 is 2.12 bits per heavy atom. The zero-order valence-electron chi connectivity index (χ0n) is 10.8. The first-order valence-electron chi connectivity index (χ1n) is 5.82. The molecule has 94 valence electrons. The van der Waals surface area contributed by atoms with Gasteiger partial charge in [0, 0.05) is 32.3 Å². The van der Waals surface area contributed by atoms with Crippen molar-refractivity contribution >= 4 is 6.09 Å². The van der Waals surface area contributed by atoms with Gasteiger partial charge >= 0.3 is 6.09 Å². The molecule has 0 saturated carbocycles. The Balaban J connectivity index is 1.85. The molecule has 1 aliphatic heterocycles. The minimum atomic E-state index is -0.423. The Bertz CT molecular complexity index is 414. The number of rotatable bonds is 1. The lowest BCUT2D eigenvalue weighted by Gasteiger charge is -2.38. The van der Waals surface area contributed by atoms with E-state index in [0.29, 0.717) is 19.0 Å². The molecular formula is C12H19N3O2. The highest BCUT2D eigenvalue weighted by Gasteiger charge is 2.35. The number of amides is 1. The summed E-state index contributed by atoms with van der Waals surface area (Å²) in [6.07, 6.45) is 1.69. The van der Waals surface area contributed by atoms with E-state index >= 15 is 0 Å². The van der Waals surface area contributed by atoms with Gasteiger partial charge in [0.05, 0.1) is 5.69 Å². The summed E-state index contributed by atoms with van der Waals surface area (Å²) >= 11 is 0. The molecule has 1 aromatic heterocycles. The number of ether oxygens (including phenoxy) is 1. The van der Waals surface area contributed by atoms with Crippen molar-refractivity contribution < 1.29 is 9.53 Å². The summed E-state index contributed by atoms with van der Waals surface area (Å²) in [5.41, 5.74) is 0.625. The number of aryl methyl sites for hydroxylation is 1. The lowest BCUT2D eigenvalue weighted by Crippen LogP contribution is -2.50.